The van der Waals surface area contributed by atoms with Gasteiger partial charge in [0.25, 0.3) is 0 Å². The minimum atomic E-state index is -5.09. The second-order valence-corrected chi connectivity index (χ2v) is 12.2. The Hall–Kier alpha value is -2.84. The van der Waals surface area contributed by atoms with Crippen molar-refractivity contribution in [3.05, 3.63) is 69.8 Å². The van der Waals surface area contributed by atoms with Gasteiger partial charge in [0.15, 0.2) is 0 Å². The number of carbonyl (C=O) groups is 1. The molecule has 5 nitrogen and oxygen atoms in total. The van der Waals surface area contributed by atoms with E-state index in [2.05, 4.69) is 10.2 Å². The average Bonchev–Trinajstić information content (AvgIpc) is 2.95. The van der Waals surface area contributed by atoms with Crippen LogP contribution in [0.5, 0.6) is 0 Å². The average molecular weight is 671 g/mol. The largest absolute Gasteiger partial charge is 0.466 e. The van der Waals surface area contributed by atoms with Crippen LogP contribution in [0, 0.1) is 11.8 Å². The summed E-state index contributed by atoms with van der Waals surface area (Å²) in [6, 6.07) is 3.11. The van der Waals surface area contributed by atoms with E-state index in [0.717, 1.165) is 25.0 Å². The highest BCUT2D eigenvalue weighted by molar-refractivity contribution is 5.65. The van der Waals surface area contributed by atoms with Crippen LogP contribution in [0.15, 0.2) is 36.4 Å². The summed E-state index contributed by atoms with van der Waals surface area (Å²) in [4.78, 5) is 13.4. The van der Waals surface area contributed by atoms with Crippen LogP contribution < -0.4 is 5.32 Å². The number of hydrogen-bond acceptors (Lipinski definition) is 5. The molecule has 0 radical (unpaired) electrons. The molecule has 1 saturated heterocycles. The first-order chi connectivity index (χ1) is 21.2. The molecule has 2 aromatic carbocycles. The molecule has 1 fully saturated rings. The van der Waals surface area contributed by atoms with Crippen LogP contribution in [0.25, 0.3) is 0 Å². The number of aliphatic hydroxyl groups is 1. The number of nitrogens with zero attached hydrogens (tertiary/aromatic N) is 1. The van der Waals surface area contributed by atoms with Gasteiger partial charge in [-0.05, 0) is 105 Å². The number of aliphatic hydroxyl groups excluding tert-OH is 1. The number of benzene rings is 2. The lowest BCUT2D eigenvalue weighted by Crippen LogP contribution is -2.40. The zero-order valence-corrected chi connectivity index (χ0v) is 25.9. The lowest BCUT2D eigenvalue weighted by Gasteiger charge is -2.40. The fraction of sp³-hybridized carbons (Fsp3) is 0.594. The van der Waals surface area contributed by atoms with Gasteiger partial charge < -0.3 is 15.2 Å². The van der Waals surface area contributed by atoms with Crippen LogP contribution in [-0.2, 0) is 34.5 Å². The number of halogens is 9. The van der Waals surface area contributed by atoms with Gasteiger partial charge in [0, 0.05) is 19.0 Å². The fourth-order valence-corrected chi connectivity index (χ4v) is 5.88. The van der Waals surface area contributed by atoms with Crippen molar-refractivity contribution < 1.29 is 54.2 Å². The summed E-state index contributed by atoms with van der Waals surface area (Å²) in [5.74, 6) is -0.202. The molecule has 2 aromatic rings. The molecule has 0 bridgehead atoms. The number of hydrogen-bond donors (Lipinski definition) is 2. The van der Waals surface area contributed by atoms with Gasteiger partial charge in [-0.2, -0.15) is 39.5 Å². The molecule has 3 rings (SSSR count). The predicted octanol–water partition coefficient (Wildman–Crippen LogP) is 7.97. The van der Waals surface area contributed by atoms with Crippen LogP contribution in [0.4, 0.5) is 39.5 Å². The van der Waals surface area contributed by atoms with Crippen molar-refractivity contribution in [2.45, 2.75) is 83.7 Å². The summed E-state index contributed by atoms with van der Waals surface area (Å²) >= 11 is 0. The van der Waals surface area contributed by atoms with Crippen molar-refractivity contribution in [2.75, 3.05) is 26.2 Å². The van der Waals surface area contributed by atoms with E-state index in [0.29, 0.717) is 43.0 Å². The van der Waals surface area contributed by atoms with Crippen molar-refractivity contribution in [1.82, 2.24) is 10.2 Å². The second kappa shape index (κ2) is 14.9. The van der Waals surface area contributed by atoms with Gasteiger partial charge in [0.2, 0.25) is 0 Å². The molecule has 0 saturated carbocycles. The van der Waals surface area contributed by atoms with E-state index in [-0.39, 0.29) is 42.9 Å². The van der Waals surface area contributed by atoms with Crippen molar-refractivity contribution in [3.63, 3.8) is 0 Å². The van der Waals surface area contributed by atoms with E-state index in [1.165, 1.54) is 19.9 Å². The van der Waals surface area contributed by atoms with Gasteiger partial charge in [-0.15, -0.1) is 0 Å². The lowest BCUT2D eigenvalue weighted by atomic mass is 9.86. The first-order valence-electron chi connectivity index (χ1n) is 15.0. The predicted molar refractivity (Wildman–Crippen MR) is 153 cm³/mol. The quantitative estimate of drug-likeness (QED) is 0.188. The number of alkyl halides is 9. The summed E-state index contributed by atoms with van der Waals surface area (Å²) in [5.41, 5.74) is -3.53. The maximum absolute atomic E-state index is 13.7. The molecule has 1 aliphatic rings. The molecule has 3 atom stereocenters. The van der Waals surface area contributed by atoms with E-state index < -0.39 is 52.9 Å². The van der Waals surface area contributed by atoms with Crippen LogP contribution in [0.3, 0.4) is 0 Å². The van der Waals surface area contributed by atoms with E-state index >= 15 is 0 Å². The van der Waals surface area contributed by atoms with Crippen LogP contribution in [-0.4, -0.2) is 48.3 Å². The molecule has 46 heavy (non-hydrogen) atoms. The van der Waals surface area contributed by atoms with Gasteiger partial charge in [0.05, 0.1) is 29.4 Å². The second-order valence-electron chi connectivity index (χ2n) is 12.2. The standard InChI is InChI=1S/C32H39F9N2O3/c1-18(2)28(43-11-8-21(9-12-43)17-46-20(4)44)27-6-5-24(30(33,34)35)13-22(27)7-10-42-19(3)29(45)23-14-25(31(36,37)38)16-26(15-23)32(39,40)41/h5-6,13-16,18-19,21,28-29,42,45H,7-12,17H2,1-4H3/t19-,28?,29-/m0/s1. The van der Waals surface area contributed by atoms with E-state index in [1.807, 2.05) is 13.8 Å². The molecule has 1 aliphatic heterocycles. The van der Waals surface area contributed by atoms with Gasteiger partial charge >= 0.3 is 24.5 Å². The summed E-state index contributed by atoms with van der Waals surface area (Å²) in [5, 5.41) is 13.6. The first kappa shape index (κ1) is 37.6. The number of rotatable bonds is 11. The molecule has 0 spiro atoms. The number of piperidine rings is 1. The first-order valence-corrected chi connectivity index (χ1v) is 15.0. The Labute approximate surface area is 262 Å². The highest BCUT2D eigenvalue weighted by Gasteiger charge is 2.38. The van der Waals surface area contributed by atoms with Crippen LogP contribution in [0.2, 0.25) is 0 Å². The van der Waals surface area contributed by atoms with Crippen LogP contribution in [0.1, 0.15) is 86.1 Å². The smallest absolute Gasteiger partial charge is 0.416 e. The number of ether oxygens (including phenoxy) is 1. The number of esters is 1. The number of carbonyl (C=O) groups excluding carboxylic acids is 1. The SMILES string of the molecule is CC(=O)OCC1CCN(C(c2ccc(C(F)(F)F)cc2CCN[C@@H](C)[C@H](O)c2cc(C(F)(F)F)cc(C(F)(F)F)c2)C(C)C)CC1. The fourth-order valence-electron chi connectivity index (χ4n) is 5.88. The number of nitrogens with one attached hydrogen (secondary N) is 1. The van der Waals surface area contributed by atoms with Crippen molar-refractivity contribution in [3.8, 4) is 0 Å². The molecule has 1 unspecified atom stereocenters. The molecule has 0 amide bonds. The molecule has 1 heterocycles. The highest BCUT2D eigenvalue weighted by Crippen LogP contribution is 2.39. The molecule has 258 valence electrons. The third kappa shape index (κ3) is 10.1. The van der Waals surface area contributed by atoms with E-state index in [9.17, 15) is 49.4 Å². The van der Waals surface area contributed by atoms with Crippen LogP contribution >= 0.6 is 0 Å². The van der Waals surface area contributed by atoms with Crippen molar-refractivity contribution in [1.29, 1.82) is 0 Å². The highest BCUT2D eigenvalue weighted by atomic mass is 19.4. The third-order valence-electron chi connectivity index (χ3n) is 8.27. The van der Waals surface area contributed by atoms with Gasteiger partial charge in [-0.3, -0.25) is 9.69 Å². The lowest BCUT2D eigenvalue weighted by molar-refractivity contribution is -0.144. The topological polar surface area (TPSA) is 61.8 Å². The summed E-state index contributed by atoms with van der Waals surface area (Å²) in [6.45, 7) is 8.16. The molecular weight excluding hydrogens is 631 g/mol. The zero-order chi connectivity index (χ0) is 34.6. The monoisotopic (exact) mass is 670 g/mol. The Morgan fingerprint density at radius 1 is 0.891 bits per heavy atom. The number of likely N-dealkylation sites (tertiary alicyclic amines) is 1. The van der Waals surface area contributed by atoms with Gasteiger partial charge in [-0.25, -0.2) is 0 Å². The Bertz CT molecular complexity index is 1290. The Morgan fingerprint density at radius 2 is 1.43 bits per heavy atom. The van der Waals surface area contributed by atoms with E-state index in [1.54, 1.807) is 0 Å². The van der Waals surface area contributed by atoms with Gasteiger partial charge in [0.1, 0.15) is 0 Å². The molecule has 0 aliphatic carbocycles. The summed E-state index contributed by atoms with van der Waals surface area (Å²) < 4.78 is 126. The maximum Gasteiger partial charge on any atom is 0.416 e. The molecule has 2 N–H and O–H groups in total. The summed E-state index contributed by atoms with van der Waals surface area (Å²) in [7, 11) is 0. The Kier molecular flexibility index (Phi) is 12.2. The third-order valence-corrected chi connectivity index (χ3v) is 8.27. The Morgan fingerprint density at radius 3 is 1.91 bits per heavy atom. The maximum atomic E-state index is 13.7. The molecule has 14 heteroatoms. The van der Waals surface area contributed by atoms with Crippen molar-refractivity contribution >= 4 is 5.97 Å². The minimum absolute atomic E-state index is 0.00190. The molecular formula is C32H39F9N2O3. The zero-order valence-electron chi connectivity index (χ0n) is 25.9. The van der Waals surface area contributed by atoms with E-state index in [4.69, 9.17) is 4.74 Å². The van der Waals surface area contributed by atoms with Gasteiger partial charge in [-0.1, -0.05) is 19.9 Å². The minimum Gasteiger partial charge on any atom is -0.466 e. The molecule has 0 aromatic heterocycles. The summed E-state index contributed by atoms with van der Waals surface area (Å²) in [6.07, 6.45) is -15.1. The van der Waals surface area contributed by atoms with Crippen molar-refractivity contribution in [2.24, 2.45) is 11.8 Å². The Balaban J connectivity index is 1.82. The normalized spacial score (nSPS) is 17.6.